The molecule has 0 radical (unpaired) electrons. The summed E-state index contributed by atoms with van der Waals surface area (Å²) >= 11 is 0. The Balaban J connectivity index is 3.36. The third-order valence-corrected chi connectivity index (χ3v) is 19.6. The lowest BCUT2D eigenvalue weighted by Gasteiger charge is -2.22. The number of allylic oxidation sites excluding steroid dienone is 8. The van der Waals surface area contributed by atoms with Crippen LogP contribution in [0.25, 0.3) is 0 Å². The first-order valence-electron chi connectivity index (χ1n) is 41.9. The molecule has 0 heterocycles. The highest BCUT2D eigenvalue weighted by Gasteiger charge is 2.20. The zero-order valence-electron chi connectivity index (χ0n) is 62.3. The fourth-order valence-corrected chi connectivity index (χ4v) is 13.2. The molecule has 2 atom stereocenters. The summed E-state index contributed by atoms with van der Waals surface area (Å²) in [6.45, 7) is 4.93. The van der Waals surface area contributed by atoms with Gasteiger partial charge in [0.2, 0.25) is 5.91 Å². The average Bonchev–Trinajstić information content (AvgIpc) is 3.48. The molecule has 0 aromatic carbocycles. The maximum absolute atomic E-state index is 12.6. The molecule has 3 N–H and O–H groups in total. The molecule has 92 heavy (non-hydrogen) atoms. The molecular weight excluding hydrogens is 1130 g/mol. The molecule has 1 amide bonds. The van der Waals surface area contributed by atoms with Gasteiger partial charge in [-0.2, -0.15) is 0 Å². The van der Waals surface area contributed by atoms with Gasteiger partial charge in [0.15, 0.2) is 0 Å². The normalized spacial score (nSPS) is 12.7. The van der Waals surface area contributed by atoms with Gasteiger partial charge >= 0.3 is 5.97 Å². The van der Waals surface area contributed by atoms with E-state index in [1.54, 1.807) is 0 Å². The molecule has 6 heteroatoms. The number of ether oxygens (including phenoxy) is 1. The number of hydrogen-bond acceptors (Lipinski definition) is 5. The first kappa shape index (κ1) is 89.8. The van der Waals surface area contributed by atoms with E-state index in [9.17, 15) is 19.8 Å². The van der Waals surface area contributed by atoms with Crippen LogP contribution in [0.1, 0.15) is 463 Å². The number of aliphatic hydroxyl groups excluding tert-OH is 2. The largest absolute Gasteiger partial charge is 0.466 e. The Morgan fingerprint density at radius 2 is 0.565 bits per heavy atom. The lowest BCUT2D eigenvalue weighted by molar-refractivity contribution is -0.143. The van der Waals surface area contributed by atoms with Crippen LogP contribution in [-0.4, -0.2) is 47.4 Å². The van der Waals surface area contributed by atoms with E-state index in [4.69, 9.17) is 4.74 Å². The third-order valence-electron chi connectivity index (χ3n) is 19.6. The van der Waals surface area contributed by atoms with Crippen LogP contribution in [0.3, 0.4) is 0 Å². The fraction of sp³-hybridized carbons (Fsp3) is 0.884. The van der Waals surface area contributed by atoms with Crippen LogP contribution < -0.4 is 5.32 Å². The highest BCUT2D eigenvalue weighted by atomic mass is 16.5. The van der Waals surface area contributed by atoms with Crippen molar-refractivity contribution in [1.82, 2.24) is 5.32 Å². The summed E-state index contributed by atoms with van der Waals surface area (Å²) in [6.07, 6.45) is 108. The van der Waals surface area contributed by atoms with Gasteiger partial charge in [-0.15, -0.1) is 0 Å². The second-order valence-corrected chi connectivity index (χ2v) is 28.8. The quantitative estimate of drug-likeness (QED) is 0.0320. The minimum Gasteiger partial charge on any atom is -0.466 e. The SMILES string of the molecule is CCC/C=C\C/C=C\CCCCCCCC(=O)OCCCCCCCCCCCCCCCCC/C=C\C/C=C\CCCCCCCCCCCCCCCCCCCC(=O)NC(CO)C(O)CCCCCCCCCCCCCCCCCCCCCCCCC. The predicted octanol–water partition coefficient (Wildman–Crippen LogP) is 27.9. The number of esters is 1. The van der Waals surface area contributed by atoms with Crippen molar-refractivity contribution in [3.8, 4) is 0 Å². The van der Waals surface area contributed by atoms with E-state index in [0.717, 1.165) is 57.8 Å². The number of nitrogens with one attached hydrogen (secondary N) is 1. The van der Waals surface area contributed by atoms with Crippen LogP contribution in [0.4, 0.5) is 0 Å². The van der Waals surface area contributed by atoms with Crippen LogP contribution in [0.15, 0.2) is 48.6 Å². The summed E-state index contributed by atoms with van der Waals surface area (Å²) < 4.78 is 5.48. The number of carbonyl (C=O) groups excluding carboxylic acids is 2. The van der Waals surface area contributed by atoms with Crippen molar-refractivity contribution >= 4 is 11.9 Å². The summed E-state index contributed by atoms with van der Waals surface area (Å²) in [4.78, 5) is 24.6. The fourth-order valence-electron chi connectivity index (χ4n) is 13.2. The van der Waals surface area contributed by atoms with E-state index < -0.39 is 12.1 Å². The summed E-state index contributed by atoms with van der Waals surface area (Å²) in [7, 11) is 0. The number of amides is 1. The summed E-state index contributed by atoms with van der Waals surface area (Å²) in [5.41, 5.74) is 0. The van der Waals surface area contributed by atoms with Gasteiger partial charge in [-0.25, -0.2) is 0 Å². The van der Waals surface area contributed by atoms with Gasteiger partial charge in [-0.05, 0) is 83.5 Å². The Morgan fingerprint density at radius 3 is 0.870 bits per heavy atom. The van der Waals surface area contributed by atoms with Crippen molar-refractivity contribution in [2.75, 3.05) is 13.2 Å². The number of rotatable bonds is 79. The summed E-state index contributed by atoms with van der Waals surface area (Å²) in [5, 5.41) is 23.5. The zero-order chi connectivity index (χ0) is 66.3. The van der Waals surface area contributed by atoms with Crippen LogP contribution >= 0.6 is 0 Å². The second-order valence-electron chi connectivity index (χ2n) is 28.8. The van der Waals surface area contributed by atoms with E-state index >= 15 is 0 Å². The van der Waals surface area contributed by atoms with Crippen molar-refractivity contribution in [2.24, 2.45) is 0 Å². The molecule has 542 valence electrons. The Hall–Kier alpha value is -2.18. The zero-order valence-corrected chi connectivity index (χ0v) is 62.3. The first-order chi connectivity index (χ1) is 45.5. The maximum atomic E-state index is 12.6. The van der Waals surface area contributed by atoms with Gasteiger partial charge in [0.1, 0.15) is 0 Å². The van der Waals surface area contributed by atoms with E-state index in [1.807, 2.05) is 0 Å². The van der Waals surface area contributed by atoms with E-state index in [-0.39, 0.29) is 18.5 Å². The highest BCUT2D eigenvalue weighted by Crippen LogP contribution is 2.20. The monoisotopic (exact) mass is 1290 g/mol. The molecule has 0 fully saturated rings. The van der Waals surface area contributed by atoms with E-state index in [0.29, 0.717) is 25.9 Å². The molecule has 0 bridgehead atoms. The Bertz CT molecular complexity index is 1540. The van der Waals surface area contributed by atoms with Crippen molar-refractivity contribution in [3.63, 3.8) is 0 Å². The van der Waals surface area contributed by atoms with E-state index in [2.05, 4.69) is 67.8 Å². The third kappa shape index (κ3) is 76.8. The molecule has 0 aliphatic heterocycles. The molecule has 0 rings (SSSR count). The van der Waals surface area contributed by atoms with E-state index in [1.165, 1.54) is 372 Å². The van der Waals surface area contributed by atoms with Crippen LogP contribution in [-0.2, 0) is 14.3 Å². The first-order valence-corrected chi connectivity index (χ1v) is 41.9. The molecule has 6 nitrogen and oxygen atoms in total. The van der Waals surface area contributed by atoms with Crippen molar-refractivity contribution < 1.29 is 24.5 Å². The lowest BCUT2D eigenvalue weighted by Crippen LogP contribution is -2.45. The maximum Gasteiger partial charge on any atom is 0.305 e. The van der Waals surface area contributed by atoms with Crippen LogP contribution in [0, 0.1) is 0 Å². The molecule has 0 aromatic heterocycles. The van der Waals surface area contributed by atoms with Gasteiger partial charge in [0.25, 0.3) is 0 Å². The molecular formula is C86H163NO5. The molecule has 0 aliphatic rings. The smallest absolute Gasteiger partial charge is 0.305 e. The molecule has 2 unspecified atom stereocenters. The van der Waals surface area contributed by atoms with Crippen molar-refractivity contribution in [3.05, 3.63) is 48.6 Å². The van der Waals surface area contributed by atoms with Crippen LogP contribution in [0.5, 0.6) is 0 Å². The highest BCUT2D eigenvalue weighted by molar-refractivity contribution is 5.76. The minimum atomic E-state index is -0.664. The van der Waals surface area contributed by atoms with Gasteiger partial charge in [-0.3, -0.25) is 9.59 Å². The number of hydrogen-bond donors (Lipinski definition) is 3. The molecule has 0 saturated heterocycles. The molecule has 0 saturated carbocycles. The topological polar surface area (TPSA) is 95.9 Å². The summed E-state index contributed by atoms with van der Waals surface area (Å²) in [6, 6.07) is -0.541. The van der Waals surface area contributed by atoms with Crippen molar-refractivity contribution in [1.29, 1.82) is 0 Å². The van der Waals surface area contributed by atoms with Gasteiger partial charge < -0.3 is 20.3 Å². The molecule has 0 aromatic rings. The van der Waals surface area contributed by atoms with Crippen molar-refractivity contribution in [2.45, 2.75) is 475 Å². The van der Waals surface area contributed by atoms with Gasteiger partial charge in [0, 0.05) is 12.8 Å². The van der Waals surface area contributed by atoms with Gasteiger partial charge in [0.05, 0.1) is 25.4 Å². The standard InChI is InChI=1S/C86H163NO5/c1-3-5-7-9-11-13-15-17-18-19-20-21-39-42-45-48-51-55-58-62-66-70-74-78-84(89)83(82-88)87-85(90)79-75-71-67-63-59-56-52-49-46-43-40-37-35-33-31-29-27-25-23-22-24-26-28-30-32-34-36-38-41-44-47-50-53-57-61-65-69-73-77-81-92-86(91)80-76-72-68-64-60-54-16-14-12-10-8-6-4-2/h8,10,14,16,22-23,26,28,83-84,88-89H,3-7,9,11-13,15,17-21,24-25,27,29-82H2,1-2H3,(H,87,90)/b10-8-,16-14-,23-22-,28-26-. The second kappa shape index (κ2) is 81.2. The Labute approximate surface area is 576 Å². The Kier molecular flexibility index (Phi) is 79.3. The minimum absolute atomic E-state index is 0.00532. The average molecular weight is 1290 g/mol. The number of aliphatic hydroxyl groups is 2. The van der Waals surface area contributed by atoms with Gasteiger partial charge in [-0.1, -0.05) is 416 Å². The Morgan fingerprint density at radius 1 is 0.304 bits per heavy atom. The number of carbonyl (C=O) groups is 2. The lowest BCUT2D eigenvalue weighted by atomic mass is 10.0. The number of unbranched alkanes of at least 4 members (excludes halogenated alkanes) is 60. The van der Waals surface area contributed by atoms with Crippen LogP contribution in [0.2, 0.25) is 0 Å². The molecule has 0 aliphatic carbocycles. The summed E-state index contributed by atoms with van der Waals surface area (Å²) in [5.74, 6) is -0.0212. The molecule has 0 spiro atoms. The predicted molar refractivity (Wildman–Crippen MR) is 407 cm³/mol.